The summed E-state index contributed by atoms with van der Waals surface area (Å²) in [7, 11) is -2.07. The van der Waals surface area contributed by atoms with Crippen LogP contribution in [0.5, 0.6) is 5.75 Å². The number of sulfonamides is 1. The maximum Gasteiger partial charge on any atom is 0.255 e. The second-order valence-corrected chi connectivity index (χ2v) is 10.7. The van der Waals surface area contributed by atoms with Crippen molar-refractivity contribution in [3.8, 4) is 5.75 Å². The maximum absolute atomic E-state index is 12.8. The lowest BCUT2D eigenvalue weighted by molar-refractivity contribution is 0.102. The third kappa shape index (κ3) is 6.74. The summed E-state index contributed by atoms with van der Waals surface area (Å²) >= 11 is 0. The number of nitrogens with one attached hydrogen (secondary N) is 1. The Hall–Kier alpha value is -4.17. The molecule has 190 valence electrons. The van der Waals surface area contributed by atoms with Crippen LogP contribution in [0.3, 0.4) is 0 Å². The van der Waals surface area contributed by atoms with Crippen molar-refractivity contribution in [2.45, 2.75) is 19.9 Å². The van der Waals surface area contributed by atoms with Gasteiger partial charge in [-0.2, -0.15) is 0 Å². The molecule has 1 N–H and O–H groups in total. The highest BCUT2D eigenvalue weighted by atomic mass is 32.2. The molecule has 37 heavy (non-hydrogen) atoms. The van der Waals surface area contributed by atoms with Crippen LogP contribution in [-0.2, 0) is 23.0 Å². The van der Waals surface area contributed by atoms with Gasteiger partial charge in [-0.1, -0.05) is 30.3 Å². The van der Waals surface area contributed by atoms with E-state index in [2.05, 4.69) is 10.3 Å². The lowest BCUT2D eigenvalue weighted by Gasteiger charge is -2.25. The molecular formula is C29H29N3O4S. The molecule has 8 heteroatoms. The second kappa shape index (κ2) is 11.3. The zero-order valence-corrected chi connectivity index (χ0v) is 21.8. The molecule has 0 saturated carbocycles. The minimum Gasteiger partial charge on any atom is -0.495 e. The van der Waals surface area contributed by atoms with Crippen molar-refractivity contribution in [2.75, 3.05) is 23.0 Å². The molecule has 1 amide bonds. The van der Waals surface area contributed by atoms with Gasteiger partial charge in [0.15, 0.2) is 0 Å². The van der Waals surface area contributed by atoms with Crippen LogP contribution in [0.15, 0.2) is 91.3 Å². The van der Waals surface area contributed by atoms with Crippen LogP contribution in [-0.4, -0.2) is 32.7 Å². The number of ether oxygens (including phenoxy) is 1. The predicted molar refractivity (Wildman–Crippen MR) is 147 cm³/mol. The second-order valence-electron chi connectivity index (χ2n) is 8.83. The van der Waals surface area contributed by atoms with E-state index in [4.69, 9.17) is 4.74 Å². The average molecular weight is 516 g/mol. The zero-order valence-electron chi connectivity index (χ0n) is 21.0. The fraction of sp³-hybridized carbons (Fsp3) is 0.172. The third-order valence-electron chi connectivity index (χ3n) is 5.92. The molecule has 4 aromatic rings. The van der Waals surface area contributed by atoms with Gasteiger partial charge in [0.25, 0.3) is 5.91 Å². The zero-order chi connectivity index (χ0) is 26.4. The molecule has 3 aromatic carbocycles. The summed E-state index contributed by atoms with van der Waals surface area (Å²) in [6.45, 7) is 2.00. The van der Waals surface area contributed by atoms with Gasteiger partial charge in [0.05, 0.1) is 25.6 Å². The van der Waals surface area contributed by atoms with Gasteiger partial charge in [-0.25, -0.2) is 8.42 Å². The summed E-state index contributed by atoms with van der Waals surface area (Å²) in [6.07, 6.45) is 5.50. The minimum absolute atomic E-state index is 0.111. The van der Waals surface area contributed by atoms with Gasteiger partial charge in [0.2, 0.25) is 10.0 Å². The number of pyridine rings is 1. The molecule has 0 aliphatic rings. The van der Waals surface area contributed by atoms with Crippen LogP contribution in [0.1, 0.15) is 32.6 Å². The van der Waals surface area contributed by atoms with E-state index in [0.717, 1.165) is 23.1 Å². The van der Waals surface area contributed by atoms with E-state index in [0.29, 0.717) is 22.7 Å². The average Bonchev–Trinajstić information content (AvgIpc) is 2.88. The van der Waals surface area contributed by atoms with Gasteiger partial charge in [-0.3, -0.25) is 14.1 Å². The Morgan fingerprint density at radius 1 is 0.892 bits per heavy atom. The summed E-state index contributed by atoms with van der Waals surface area (Å²) in [5, 5.41) is 2.91. The van der Waals surface area contributed by atoms with E-state index < -0.39 is 10.0 Å². The van der Waals surface area contributed by atoms with Crippen molar-refractivity contribution in [3.63, 3.8) is 0 Å². The number of aromatic nitrogens is 1. The normalized spacial score (nSPS) is 11.1. The van der Waals surface area contributed by atoms with Gasteiger partial charge in [-0.15, -0.1) is 0 Å². The number of nitrogens with zero attached hydrogens (tertiary/aromatic N) is 2. The third-order valence-corrected chi connectivity index (χ3v) is 7.04. The van der Waals surface area contributed by atoms with Crippen LogP contribution < -0.4 is 14.4 Å². The fourth-order valence-corrected chi connectivity index (χ4v) is 4.83. The Kier molecular flexibility index (Phi) is 7.89. The number of hydrogen-bond donors (Lipinski definition) is 1. The molecule has 1 heterocycles. The van der Waals surface area contributed by atoms with E-state index in [9.17, 15) is 13.2 Å². The predicted octanol–water partition coefficient (Wildman–Crippen LogP) is 5.21. The highest BCUT2D eigenvalue weighted by Crippen LogP contribution is 2.32. The molecule has 0 spiro atoms. The molecule has 0 aliphatic heterocycles. The SMILES string of the molecule is COc1ccc(C)cc1N(Cc1ccc(C(=O)Nc2ccc(Cc3ccncc3)cc2)cc1)S(C)(=O)=O. The Labute approximate surface area is 217 Å². The van der Waals surface area contributed by atoms with Crippen molar-refractivity contribution in [3.05, 3.63) is 119 Å². The number of methoxy groups -OCH3 is 1. The summed E-state index contributed by atoms with van der Waals surface area (Å²) in [5.74, 6) is 0.229. The van der Waals surface area contributed by atoms with Crippen LogP contribution in [0.4, 0.5) is 11.4 Å². The first-order chi connectivity index (χ1) is 17.7. The van der Waals surface area contributed by atoms with Crippen molar-refractivity contribution in [2.24, 2.45) is 0 Å². The van der Waals surface area contributed by atoms with Gasteiger partial charge < -0.3 is 10.1 Å². The van der Waals surface area contributed by atoms with Crippen molar-refractivity contribution in [1.82, 2.24) is 4.98 Å². The van der Waals surface area contributed by atoms with Gasteiger partial charge in [-0.05, 0) is 84.1 Å². The first-order valence-electron chi connectivity index (χ1n) is 11.7. The van der Waals surface area contributed by atoms with Crippen LogP contribution >= 0.6 is 0 Å². The molecule has 0 radical (unpaired) electrons. The molecule has 0 saturated heterocycles. The minimum atomic E-state index is -3.59. The molecular weight excluding hydrogens is 486 g/mol. The van der Waals surface area contributed by atoms with Gasteiger partial charge in [0.1, 0.15) is 5.75 Å². The first kappa shape index (κ1) is 25.9. The smallest absolute Gasteiger partial charge is 0.255 e. The summed E-state index contributed by atoms with van der Waals surface area (Å²) < 4.78 is 32.0. The Balaban J connectivity index is 1.44. The fourth-order valence-electron chi connectivity index (χ4n) is 3.95. The lowest BCUT2D eigenvalue weighted by atomic mass is 10.1. The largest absolute Gasteiger partial charge is 0.495 e. The molecule has 0 fully saturated rings. The summed E-state index contributed by atoms with van der Waals surface area (Å²) in [6, 6.07) is 24.0. The Morgan fingerprint density at radius 2 is 1.51 bits per heavy atom. The van der Waals surface area contributed by atoms with E-state index in [1.807, 2.05) is 49.4 Å². The number of amides is 1. The molecule has 0 aliphatic carbocycles. The van der Waals surface area contributed by atoms with Crippen LogP contribution in [0, 0.1) is 6.92 Å². The number of benzene rings is 3. The maximum atomic E-state index is 12.8. The first-order valence-corrected chi connectivity index (χ1v) is 13.6. The topological polar surface area (TPSA) is 88.6 Å². The number of carbonyl (C=O) groups excluding carboxylic acids is 1. The molecule has 1 aromatic heterocycles. The number of rotatable bonds is 9. The number of hydrogen-bond acceptors (Lipinski definition) is 5. The van der Waals surface area contributed by atoms with E-state index in [1.54, 1.807) is 48.8 Å². The highest BCUT2D eigenvalue weighted by molar-refractivity contribution is 7.92. The standard InChI is InChI=1S/C29H29N3O4S/c1-21-4-13-28(36-2)27(18-21)32(37(3,34)35)20-24-5-9-25(10-6-24)29(33)31-26-11-7-22(8-12-26)19-23-14-16-30-17-15-23/h4-18H,19-20H2,1-3H3,(H,31,33). The molecule has 0 atom stereocenters. The van der Waals surface area contributed by atoms with Gasteiger partial charge >= 0.3 is 0 Å². The number of anilines is 2. The lowest BCUT2D eigenvalue weighted by Crippen LogP contribution is -2.29. The summed E-state index contributed by atoms with van der Waals surface area (Å²) in [5.41, 5.74) is 5.61. The summed E-state index contributed by atoms with van der Waals surface area (Å²) in [4.78, 5) is 16.8. The molecule has 4 rings (SSSR count). The van der Waals surface area contributed by atoms with Crippen LogP contribution in [0.2, 0.25) is 0 Å². The quantitative estimate of drug-likeness (QED) is 0.331. The molecule has 0 bridgehead atoms. The monoisotopic (exact) mass is 515 g/mol. The van der Waals surface area contributed by atoms with Crippen molar-refractivity contribution >= 4 is 27.3 Å². The van der Waals surface area contributed by atoms with Crippen LogP contribution in [0.25, 0.3) is 0 Å². The number of aryl methyl sites for hydroxylation is 1. The molecule has 0 unspecified atom stereocenters. The Bertz CT molecular complexity index is 1470. The van der Waals surface area contributed by atoms with E-state index >= 15 is 0 Å². The van der Waals surface area contributed by atoms with Gasteiger partial charge in [0, 0.05) is 23.6 Å². The molecule has 7 nitrogen and oxygen atoms in total. The van der Waals surface area contributed by atoms with Crippen molar-refractivity contribution < 1.29 is 17.9 Å². The number of carbonyl (C=O) groups is 1. The van der Waals surface area contributed by atoms with E-state index in [1.165, 1.54) is 23.2 Å². The van der Waals surface area contributed by atoms with Crippen molar-refractivity contribution in [1.29, 1.82) is 0 Å². The highest BCUT2D eigenvalue weighted by Gasteiger charge is 2.22. The van der Waals surface area contributed by atoms with E-state index in [-0.39, 0.29) is 12.5 Å². The Morgan fingerprint density at radius 3 is 2.14 bits per heavy atom.